The number of aromatic nitrogens is 2. The quantitative estimate of drug-likeness (QED) is 0.227. The van der Waals surface area contributed by atoms with Gasteiger partial charge in [0, 0.05) is 16.2 Å². The van der Waals surface area contributed by atoms with Gasteiger partial charge in [-0.25, -0.2) is 19.6 Å². The van der Waals surface area contributed by atoms with E-state index < -0.39 is 47.1 Å². The molecule has 2 fully saturated rings. The number of halogens is 7. The van der Waals surface area contributed by atoms with Gasteiger partial charge in [0.1, 0.15) is 0 Å². The molecule has 4 amide bonds. The zero-order valence-electron chi connectivity index (χ0n) is 19.8. The molecule has 3 heterocycles. The Kier molecular flexibility index (Phi) is 7.74. The standard InChI is InChI=1S/C23H18F6IN5O4/c1-21(23(27,28)29)19(37)34(17-10-32-15(9-33-17)16-11-39-7-6-31-16)20(38)35(21)18(36)5-3-12-2-4-13(8-14(12)30)22(24,25)26/h2-5,8-10,16,31H,6-7,11H2,1H3/b5-3+. The van der Waals surface area contributed by atoms with Crippen molar-refractivity contribution in [2.45, 2.75) is 30.9 Å². The maximum atomic E-state index is 14.2. The zero-order chi connectivity index (χ0) is 28.8. The minimum atomic E-state index is -5.38. The molecule has 2 unspecified atom stereocenters. The molecule has 0 aliphatic carbocycles. The summed E-state index contributed by atoms with van der Waals surface area (Å²) in [6.07, 6.45) is -6.36. The molecule has 208 valence electrons. The number of anilines is 1. The van der Waals surface area contributed by atoms with Gasteiger partial charge < -0.3 is 10.1 Å². The third-order valence-corrected chi connectivity index (χ3v) is 7.06. The average Bonchev–Trinajstić information content (AvgIpc) is 3.08. The predicted molar refractivity (Wildman–Crippen MR) is 131 cm³/mol. The first kappa shape index (κ1) is 28.9. The minimum Gasteiger partial charge on any atom is -0.378 e. The lowest BCUT2D eigenvalue weighted by atomic mass is 9.99. The van der Waals surface area contributed by atoms with Gasteiger partial charge in [0.25, 0.3) is 11.8 Å². The summed E-state index contributed by atoms with van der Waals surface area (Å²) in [5.74, 6) is -3.82. The Bertz CT molecular complexity index is 1330. The molecule has 1 aromatic carbocycles. The maximum Gasteiger partial charge on any atom is 0.421 e. The molecule has 2 saturated heterocycles. The second-order valence-corrected chi connectivity index (χ2v) is 9.78. The first-order valence-corrected chi connectivity index (χ1v) is 12.2. The van der Waals surface area contributed by atoms with Gasteiger partial charge in [-0.05, 0) is 53.3 Å². The Balaban J connectivity index is 1.64. The summed E-state index contributed by atoms with van der Waals surface area (Å²) < 4.78 is 86.6. The van der Waals surface area contributed by atoms with Crippen molar-refractivity contribution < 1.29 is 45.5 Å². The Morgan fingerprint density at radius 3 is 2.44 bits per heavy atom. The van der Waals surface area contributed by atoms with Crippen LogP contribution in [0.5, 0.6) is 0 Å². The third-order valence-electron chi connectivity index (χ3n) is 6.12. The number of carbonyl (C=O) groups is 3. The number of alkyl halides is 6. The number of imide groups is 2. The van der Waals surface area contributed by atoms with Crippen LogP contribution in [0, 0.1) is 3.57 Å². The van der Waals surface area contributed by atoms with Crippen LogP contribution in [0.3, 0.4) is 0 Å². The van der Waals surface area contributed by atoms with E-state index in [1.165, 1.54) is 6.20 Å². The van der Waals surface area contributed by atoms with Crippen molar-refractivity contribution in [3.63, 3.8) is 0 Å². The number of carbonyl (C=O) groups excluding carboxylic acids is 3. The van der Waals surface area contributed by atoms with Gasteiger partial charge in [-0.3, -0.25) is 14.6 Å². The van der Waals surface area contributed by atoms with Crippen molar-refractivity contribution in [2.75, 3.05) is 24.7 Å². The van der Waals surface area contributed by atoms with Gasteiger partial charge in [0.15, 0.2) is 5.82 Å². The Labute approximate surface area is 230 Å². The lowest BCUT2D eigenvalue weighted by Gasteiger charge is -2.31. The molecule has 0 radical (unpaired) electrons. The largest absolute Gasteiger partial charge is 0.421 e. The highest BCUT2D eigenvalue weighted by atomic mass is 127. The molecular weight excluding hydrogens is 651 g/mol. The monoisotopic (exact) mass is 669 g/mol. The normalized spacial score (nSPS) is 22.7. The number of urea groups is 1. The zero-order valence-corrected chi connectivity index (χ0v) is 22.0. The fourth-order valence-electron chi connectivity index (χ4n) is 3.91. The van der Waals surface area contributed by atoms with Gasteiger partial charge in [-0.1, -0.05) is 6.07 Å². The molecular formula is C23H18F6IN5O4. The smallest absolute Gasteiger partial charge is 0.378 e. The van der Waals surface area contributed by atoms with Crippen LogP contribution < -0.4 is 10.2 Å². The molecule has 1 N–H and O–H groups in total. The molecule has 16 heteroatoms. The molecule has 4 rings (SSSR count). The summed E-state index contributed by atoms with van der Waals surface area (Å²) in [6.45, 7) is 1.64. The second-order valence-electron chi connectivity index (χ2n) is 8.62. The number of ether oxygens (including phenoxy) is 1. The van der Waals surface area contributed by atoms with E-state index in [9.17, 15) is 40.7 Å². The number of hydrogen-bond acceptors (Lipinski definition) is 7. The molecule has 9 nitrogen and oxygen atoms in total. The van der Waals surface area contributed by atoms with Gasteiger partial charge in [-0.15, -0.1) is 0 Å². The lowest BCUT2D eigenvalue weighted by Crippen LogP contribution is -2.59. The van der Waals surface area contributed by atoms with Crippen LogP contribution in [0.1, 0.15) is 29.8 Å². The number of amides is 4. The molecule has 1 aromatic heterocycles. The molecule has 2 aliphatic rings. The number of nitrogens with one attached hydrogen (secondary N) is 1. The second kappa shape index (κ2) is 10.5. The first-order chi connectivity index (χ1) is 18.2. The number of benzene rings is 1. The van der Waals surface area contributed by atoms with E-state index >= 15 is 0 Å². The van der Waals surface area contributed by atoms with E-state index in [4.69, 9.17) is 4.74 Å². The SMILES string of the molecule is CC1(C(F)(F)F)C(=O)N(c2cnc(C3COCCN3)cn2)C(=O)N1C(=O)/C=C/c1ccc(C(F)(F)F)cc1I. The summed E-state index contributed by atoms with van der Waals surface area (Å²) in [4.78, 5) is 46.9. The number of rotatable bonds is 4. The minimum absolute atomic E-state index is 0.0451. The van der Waals surface area contributed by atoms with Crippen LogP contribution in [0.4, 0.5) is 37.0 Å². The van der Waals surface area contributed by atoms with Crippen LogP contribution in [0.15, 0.2) is 36.7 Å². The molecule has 0 bridgehead atoms. The fraction of sp³-hybridized carbons (Fsp3) is 0.348. The van der Waals surface area contributed by atoms with Crippen molar-refractivity contribution >= 4 is 52.3 Å². The van der Waals surface area contributed by atoms with Crippen molar-refractivity contribution in [1.29, 1.82) is 0 Å². The average molecular weight is 669 g/mol. The first-order valence-electron chi connectivity index (χ1n) is 11.1. The van der Waals surface area contributed by atoms with Gasteiger partial charge in [0.2, 0.25) is 5.54 Å². The Morgan fingerprint density at radius 1 is 1.18 bits per heavy atom. The highest BCUT2D eigenvalue weighted by Crippen LogP contribution is 2.43. The predicted octanol–water partition coefficient (Wildman–Crippen LogP) is 4.09. The van der Waals surface area contributed by atoms with Crippen LogP contribution in [0.2, 0.25) is 0 Å². The van der Waals surface area contributed by atoms with E-state index in [-0.39, 0.29) is 31.6 Å². The van der Waals surface area contributed by atoms with Gasteiger partial charge >= 0.3 is 18.4 Å². The van der Waals surface area contributed by atoms with E-state index in [1.807, 2.05) is 0 Å². The number of hydrogen-bond donors (Lipinski definition) is 1. The van der Waals surface area contributed by atoms with Crippen LogP contribution in [-0.4, -0.2) is 64.2 Å². The summed E-state index contributed by atoms with van der Waals surface area (Å²) in [7, 11) is 0. The van der Waals surface area contributed by atoms with Crippen molar-refractivity contribution in [3.05, 3.63) is 57.1 Å². The summed E-state index contributed by atoms with van der Waals surface area (Å²) in [5.41, 5.74) is -4.12. The van der Waals surface area contributed by atoms with E-state index in [0.717, 1.165) is 30.5 Å². The number of morpholine rings is 1. The highest BCUT2D eigenvalue weighted by Gasteiger charge is 2.71. The van der Waals surface area contributed by atoms with Crippen LogP contribution >= 0.6 is 22.6 Å². The van der Waals surface area contributed by atoms with Crippen LogP contribution in [0.25, 0.3) is 6.08 Å². The Morgan fingerprint density at radius 2 is 1.90 bits per heavy atom. The lowest BCUT2D eigenvalue weighted by molar-refractivity contribution is -0.209. The van der Waals surface area contributed by atoms with Crippen LogP contribution in [-0.2, 0) is 20.5 Å². The fourth-order valence-corrected chi connectivity index (χ4v) is 4.61. The summed E-state index contributed by atoms with van der Waals surface area (Å²) in [6, 6.07) is 0.563. The molecule has 2 atom stereocenters. The number of nitrogens with zero attached hydrogens (tertiary/aromatic N) is 4. The Hall–Kier alpha value is -3.12. The van der Waals surface area contributed by atoms with Crippen molar-refractivity contribution in [3.8, 4) is 0 Å². The van der Waals surface area contributed by atoms with Crippen molar-refractivity contribution in [1.82, 2.24) is 20.2 Å². The van der Waals surface area contributed by atoms with E-state index in [0.29, 0.717) is 31.8 Å². The maximum absolute atomic E-state index is 14.2. The summed E-state index contributed by atoms with van der Waals surface area (Å²) in [5, 5.41) is 3.10. The topological polar surface area (TPSA) is 105 Å². The highest BCUT2D eigenvalue weighted by molar-refractivity contribution is 14.1. The van der Waals surface area contributed by atoms with E-state index in [2.05, 4.69) is 15.3 Å². The van der Waals surface area contributed by atoms with E-state index in [1.54, 1.807) is 22.6 Å². The molecule has 0 spiro atoms. The molecule has 0 saturated carbocycles. The summed E-state index contributed by atoms with van der Waals surface area (Å²) >= 11 is 1.56. The molecule has 39 heavy (non-hydrogen) atoms. The van der Waals surface area contributed by atoms with Crippen molar-refractivity contribution in [2.24, 2.45) is 0 Å². The third kappa shape index (κ3) is 5.36. The van der Waals surface area contributed by atoms with Gasteiger partial charge in [-0.2, -0.15) is 26.3 Å². The molecule has 2 aromatic rings. The van der Waals surface area contributed by atoms with Gasteiger partial charge in [0.05, 0.1) is 42.9 Å². The molecule has 2 aliphatic heterocycles.